The molecule has 0 unspecified atom stereocenters. The number of nitrogens with one attached hydrogen (secondary N) is 1. The molecule has 1 amide bonds. The van der Waals surface area contributed by atoms with E-state index in [2.05, 4.69) is 27.5 Å². The van der Waals surface area contributed by atoms with E-state index in [1.807, 2.05) is 55.5 Å². The fourth-order valence-corrected chi connectivity index (χ4v) is 4.81. The third-order valence-corrected chi connectivity index (χ3v) is 6.63. The average Bonchev–Trinajstić information content (AvgIpc) is 3.23. The van der Waals surface area contributed by atoms with Crippen LogP contribution in [-0.2, 0) is 13.0 Å². The second kappa shape index (κ2) is 8.21. The molecule has 0 bridgehead atoms. The number of pyridine rings is 1. The molecule has 1 aliphatic heterocycles. The molecule has 1 aliphatic rings. The van der Waals surface area contributed by atoms with E-state index in [0.29, 0.717) is 0 Å². The van der Waals surface area contributed by atoms with Crippen LogP contribution in [0.5, 0.6) is 0 Å². The predicted molar refractivity (Wildman–Crippen MR) is 127 cm³/mol. The van der Waals surface area contributed by atoms with Crippen LogP contribution in [0.25, 0.3) is 22.2 Å². The number of benzene rings is 2. The van der Waals surface area contributed by atoms with Crippen LogP contribution in [0, 0.1) is 6.92 Å². The number of para-hydroxylation sites is 1. The zero-order valence-electron chi connectivity index (χ0n) is 17.7. The van der Waals surface area contributed by atoms with E-state index < -0.39 is 0 Å². The molecule has 0 saturated heterocycles. The number of anilines is 1. The van der Waals surface area contributed by atoms with Crippen LogP contribution in [0.15, 0.2) is 53.9 Å². The third kappa shape index (κ3) is 3.84. The number of amides is 1. The van der Waals surface area contributed by atoms with Gasteiger partial charge in [-0.2, -0.15) is 0 Å². The van der Waals surface area contributed by atoms with Gasteiger partial charge in [0.05, 0.1) is 21.8 Å². The number of fused-ring (bicyclic) bond motifs is 2. The summed E-state index contributed by atoms with van der Waals surface area (Å²) in [7, 11) is 0. The number of hydrogen-bond acceptors (Lipinski definition) is 5. The highest BCUT2D eigenvalue weighted by Crippen LogP contribution is 2.29. The highest BCUT2D eigenvalue weighted by molar-refractivity contribution is 7.09. The lowest BCUT2D eigenvalue weighted by Crippen LogP contribution is -2.33. The Labute approximate surface area is 185 Å². The quantitative estimate of drug-likeness (QED) is 0.479. The Morgan fingerprint density at radius 1 is 1.13 bits per heavy atom. The second-order valence-corrected chi connectivity index (χ2v) is 8.89. The molecule has 156 valence electrons. The maximum absolute atomic E-state index is 13.5. The van der Waals surface area contributed by atoms with Crippen LogP contribution in [-0.4, -0.2) is 33.9 Å². The Morgan fingerprint density at radius 2 is 1.94 bits per heavy atom. The van der Waals surface area contributed by atoms with E-state index in [-0.39, 0.29) is 5.91 Å². The number of aryl methyl sites for hydroxylation is 1. The SMILES string of the molecule is CCN1CCc2nc3ccccc3c(C(=O)Nc3ccc(-c4csc(C)n4)cc3)c2C1. The molecule has 0 spiro atoms. The Kier molecular flexibility index (Phi) is 5.26. The maximum Gasteiger partial charge on any atom is 0.256 e. The summed E-state index contributed by atoms with van der Waals surface area (Å²) in [5.41, 5.74) is 6.52. The molecular weight excluding hydrogens is 404 g/mol. The second-order valence-electron chi connectivity index (χ2n) is 7.83. The van der Waals surface area contributed by atoms with Crippen molar-refractivity contribution in [2.75, 3.05) is 18.4 Å². The van der Waals surface area contributed by atoms with Crippen molar-refractivity contribution in [3.05, 3.63) is 75.7 Å². The third-order valence-electron chi connectivity index (χ3n) is 5.86. The zero-order chi connectivity index (χ0) is 21.4. The van der Waals surface area contributed by atoms with Gasteiger partial charge in [0.25, 0.3) is 5.91 Å². The van der Waals surface area contributed by atoms with Gasteiger partial charge in [0.15, 0.2) is 0 Å². The predicted octanol–water partition coefficient (Wildman–Crippen LogP) is 5.30. The summed E-state index contributed by atoms with van der Waals surface area (Å²) in [4.78, 5) is 25.3. The van der Waals surface area contributed by atoms with Crippen molar-refractivity contribution in [1.82, 2.24) is 14.9 Å². The first-order valence-electron chi connectivity index (χ1n) is 10.6. The van der Waals surface area contributed by atoms with Crippen LogP contribution in [0.2, 0.25) is 0 Å². The number of nitrogens with zero attached hydrogens (tertiary/aromatic N) is 3. The van der Waals surface area contributed by atoms with Gasteiger partial charge >= 0.3 is 0 Å². The van der Waals surface area contributed by atoms with E-state index in [9.17, 15) is 4.79 Å². The molecule has 0 aliphatic carbocycles. The summed E-state index contributed by atoms with van der Waals surface area (Å²) in [6.07, 6.45) is 0.871. The average molecular weight is 429 g/mol. The molecule has 0 fully saturated rings. The van der Waals surface area contributed by atoms with Gasteiger partial charge in [0.1, 0.15) is 0 Å². The topological polar surface area (TPSA) is 58.1 Å². The maximum atomic E-state index is 13.5. The summed E-state index contributed by atoms with van der Waals surface area (Å²) in [6.45, 7) is 6.86. The minimum atomic E-state index is -0.0787. The molecule has 2 aromatic heterocycles. The van der Waals surface area contributed by atoms with Crippen molar-refractivity contribution in [2.45, 2.75) is 26.8 Å². The number of hydrogen-bond donors (Lipinski definition) is 1. The van der Waals surface area contributed by atoms with Gasteiger partial charge in [-0.15, -0.1) is 11.3 Å². The van der Waals surface area contributed by atoms with Gasteiger partial charge in [-0.25, -0.2) is 4.98 Å². The fourth-order valence-electron chi connectivity index (χ4n) is 4.19. The lowest BCUT2D eigenvalue weighted by atomic mass is 9.95. The van der Waals surface area contributed by atoms with E-state index in [1.54, 1.807) is 11.3 Å². The van der Waals surface area contributed by atoms with E-state index in [0.717, 1.165) is 75.7 Å². The Bertz CT molecular complexity index is 1260. The molecule has 6 heteroatoms. The molecule has 3 heterocycles. The van der Waals surface area contributed by atoms with Crippen LogP contribution in [0.1, 0.15) is 33.5 Å². The van der Waals surface area contributed by atoms with Gasteiger partial charge < -0.3 is 5.32 Å². The Balaban J connectivity index is 1.49. The smallest absolute Gasteiger partial charge is 0.256 e. The van der Waals surface area contributed by atoms with Crippen LogP contribution < -0.4 is 5.32 Å². The summed E-state index contributed by atoms with van der Waals surface area (Å²) >= 11 is 1.64. The van der Waals surface area contributed by atoms with Crippen molar-refractivity contribution < 1.29 is 4.79 Å². The molecule has 0 atom stereocenters. The number of aromatic nitrogens is 2. The molecule has 0 saturated carbocycles. The minimum absolute atomic E-state index is 0.0787. The van der Waals surface area contributed by atoms with E-state index >= 15 is 0 Å². The monoisotopic (exact) mass is 428 g/mol. The fraction of sp³-hybridized carbons (Fsp3) is 0.240. The van der Waals surface area contributed by atoms with E-state index in [1.165, 1.54) is 0 Å². The van der Waals surface area contributed by atoms with Gasteiger partial charge in [-0.3, -0.25) is 14.7 Å². The number of likely N-dealkylation sites (N-methyl/N-ethyl adjacent to an activating group) is 1. The Morgan fingerprint density at radius 3 is 2.68 bits per heavy atom. The molecule has 5 nitrogen and oxygen atoms in total. The van der Waals surface area contributed by atoms with Crippen LogP contribution in [0.4, 0.5) is 5.69 Å². The molecule has 31 heavy (non-hydrogen) atoms. The number of carbonyl (C=O) groups is 1. The molecule has 5 rings (SSSR count). The molecule has 1 N–H and O–H groups in total. The van der Waals surface area contributed by atoms with Crippen molar-refractivity contribution in [3.8, 4) is 11.3 Å². The number of rotatable bonds is 4. The summed E-state index contributed by atoms with van der Waals surface area (Å²) in [6, 6.07) is 15.8. The van der Waals surface area contributed by atoms with Crippen molar-refractivity contribution in [1.29, 1.82) is 0 Å². The standard InChI is InChI=1S/C25H24N4OS/c1-3-29-13-12-22-20(14-29)24(19-6-4-5-7-21(19)28-22)25(30)27-18-10-8-17(9-11-18)23-15-31-16(2)26-23/h4-11,15H,3,12-14H2,1-2H3,(H,27,30). The first kappa shape index (κ1) is 19.8. The van der Waals surface area contributed by atoms with Gasteiger partial charge in [-0.1, -0.05) is 37.3 Å². The van der Waals surface area contributed by atoms with Crippen LogP contribution in [0.3, 0.4) is 0 Å². The van der Waals surface area contributed by atoms with Crippen molar-refractivity contribution in [3.63, 3.8) is 0 Å². The zero-order valence-corrected chi connectivity index (χ0v) is 18.5. The molecular formula is C25H24N4OS. The molecule has 2 aromatic carbocycles. The number of carbonyl (C=O) groups excluding carboxylic acids is 1. The lowest BCUT2D eigenvalue weighted by Gasteiger charge is -2.29. The highest BCUT2D eigenvalue weighted by atomic mass is 32.1. The lowest BCUT2D eigenvalue weighted by molar-refractivity contribution is 0.102. The van der Waals surface area contributed by atoms with Gasteiger partial charge in [0.2, 0.25) is 0 Å². The van der Waals surface area contributed by atoms with Gasteiger partial charge in [-0.05, 0) is 31.7 Å². The molecule has 0 radical (unpaired) electrons. The largest absolute Gasteiger partial charge is 0.322 e. The first-order valence-corrected chi connectivity index (χ1v) is 11.5. The minimum Gasteiger partial charge on any atom is -0.322 e. The van der Waals surface area contributed by atoms with Crippen molar-refractivity contribution in [2.24, 2.45) is 0 Å². The van der Waals surface area contributed by atoms with Gasteiger partial charge in [0, 0.05) is 52.8 Å². The van der Waals surface area contributed by atoms with Crippen molar-refractivity contribution >= 4 is 33.8 Å². The number of thiazole rings is 1. The normalized spacial score (nSPS) is 13.9. The Hall–Kier alpha value is -3.09. The van der Waals surface area contributed by atoms with E-state index in [4.69, 9.17) is 4.98 Å². The summed E-state index contributed by atoms with van der Waals surface area (Å²) in [5.74, 6) is -0.0787. The molecule has 4 aromatic rings. The van der Waals surface area contributed by atoms with Crippen LogP contribution >= 0.6 is 11.3 Å². The summed E-state index contributed by atoms with van der Waals surface area (Å²) in [5, 5.41) is 7.12. The summed E-state index contributed by atoms with van der Waals surface area (Å²) < 4.78 is 0. The first-order chi connectivity index (χ1) is 15.1. The highest BCUT2D eigenvalue weighted by Gasteiger charge is 2.25.